The van der Waals surface area contributed by atoms with Gasteiger partial charge in [-0.15, -0.1) is 0 Å². The minimum atomic E-state index is -0.330. The molecule has 1 unspecified atom stereocenters. The van der Waals surface area contributed by atoms with Gasteiger partial charge in [-0.25, -0.2) is 14.4 Å². The van der Waals surface area contributed by atoms with Crippen molar-refractivity contribution in [2.24, 2.45) is 5.73 Å². The Morgan fingerprint density at radius 3 is 2.82 bits per heavy atom. The number of nitrogens with two attached hydrogens (primary N) is 1. The van der Waals surface area contributed by atoms with Gasteiger partial charge in [-0.05, 0) is 29.8 Å². The number of hydrogen-bond acceptors (Lipinski definition) is 3. The summed E-state index contributed by atoms with van der Waals surface area (Å²) in [6, 6.07) is 6.14. The van der Waals surface area contributed by atoms with Gasteiger partial charge in [0.05, 0.1) is 5.69 Å². The molecule has 0 aliphatic rings. The molecule has 2 aromatic rings. The molecule has 1 atom stereocenters. The summed E-state index contributed by atoms with van der Waals surface area (Å²) in [6.07, 6.45) is 3.02. The fourth-order valence-electron chi connectivity index (χ4n) is 1.70. The van der Waals surface area contributed by atoms with Crippen LogP contribution in [0.5, 0.6) is 0 Å². The molecule has 88 valence electrons. The number of aromatic nitrogens is 2. The third-order valence-electron chi connectivity index (χ3n) is 2.53. The number of hydrogen-bond donors (Lipinski definition) is 1. The Labute approximate surface area is 103 Å². The Morgan fingerprint density at radius 1 is 1.35 bits per heavy atom. The second-order valence-corrected chi connectivity index (χ2v) is 4.02. The van der Waals surface area contributed by atoms with Crippen molar-refractivity contribution >= 4 is 11.6 Å². The molecular weight excluding hydrogens is 241 g/mol. The first-order chi connectivity index (χ1) is 8.22. The van der Waals surface area contributed by atoms with E-state index in [1.165, 1.54) is 18.5 Å². The number of halogens is 2. The summed E-state index contributed by atoms with van der Waals surface area (Å²) in [7, 11) is 0. The van der Waals surface area contributed by atoms with Gasteiger partial charge in [0.15, 0.2) is 0 Å². The van der Waals surface area contributed by atoms with Crippen LogP contribution in [0.4, 0.5) is 4.39 Å². The van der Waals surface area contributed by atoms with Crippen molar-refractivity contribution in [2.75, 3.05) is 6.54 Å². The van der Waals surface area contributed by atoms with Crippen LogP contribution >= 0.6 is 11.6 Å². The SMILES string of the molecule is NCC(c1ccncn1)c1cc(Cl)ccc1F. The molecule has 1 aromatic carbocycles. The molecule has 2 N–H and O–H groups in total. The quantitative estimate of drug-likeness (QED) is 0.911. The molecule has 1 heterocycles. The normalized spacial score (nSPS) is 12.4. The molecule has 0 aliphatic heterocycles. The maximum absolute atomic E-state index is 13.7. The Morgan fingerprint density at radius 2 is 2.18 bits per heavy atom. The molecule has 0 saturated carbocycles. The van der Waals surface area contributed by atoms with E-state index in [1.807, 2.05) is 0 Å². The second kappa shape index (κ2) is 5.21. The van der Waals surface area contributed by atoms with E-state index in [1.54, 1.807) is 18.3 Å². The average Bonchev–Trinajstić information content (AvgIpc) is 2.36. The van der Waals surface area contributed by atoms with Gasteiger partial charge in [0, 0.05) is 23.7 Å². The summed E-state index contributed by atoms with van der Waals surface area (Å²) in [4.78, 5) is 7.92. The Kier molecular flexibility index (Phi) is 3.66. The van der Waals surface area contributed by atoms with Crippen molar-refractivity contribution in [3.63, 3.8) is 0 Å². The summed E-state index contributed by atoms with van der Waals surface area (Å²) in [5.41, 5.74) is 6.83. The van der Waals surface area contributed by atoms with Crippen LogP contribution in [0, 0.1) is 5.82 Å². The minimum absolute atomic E-state index is 0.258. The van der Waals surface area contributed by atoms with E-state index < -0.39 is 0 Å². The average molecular weight is 252 g/mol. The Balaban J connectivity index is 2.46. The lowest BCUT2D eigenvalue weighted by Gasteiger charge is -2.15. The van der Waals surface area contributed by atoms with Gasteiger partial charge in [-0.2, -0.15) is 0 Å². The van der Waals surface area contributed by atoms with E-state index >= 15 is 0 Å². The van der Waals surface area contributed by atoms with Crippen molar-refractivity contribution in [3.05, 3.63) is 58.9 Å². The molecule has 0 saturated heterocycles. The molecule has 17 heavy (non-hydrogen) atoms. The Hall–Kier alpha value is -1.52. The van der Waals surface area contributed by atoms with Crippen LogP contribution in [-0.4, -0.2) is 16.5 Å². The monoisotopic (exact) mass is 251 g/mol. The summed E-state index contributed by atoms with van der Waals surface area (Å²) in [6.45, 7) is 0.258. The predicted molar refractivity (Wildman–Crippen MR) is 64.3 cm³/mol. The molecule has 5 heteroatoms. The molecule has 0 spiro atoms. The molecule has 0 aliphatic carbocycles. The van der Waals surface area contributed by atoms with E-state index in [0.29, 0.717) is 16.3 Å². The van der Waals surface area contributed by atoms with E-state index in [-0.39, 0.29) is 18.3 Å². The van der Waals surface area contributed by atoms with Crippen molar-refractivity contribution in [1.82, 2.24) is 9.97 Å². The zero-order valence-corrected chi connectivity index (χ0v) is 9.73. The molecular formula is C12H11ClFN3. The fourth-order valence-corrected chi connectivity index (χ4v) is 1.88. The van der Waals surface area contributed by atoms with Gasteiger partial charge in [0.25, 0.3) is 0 Å². The molecule has 0 fully saturated rings. The zero-order chi connectivity index (χ0) is 12.3. The molecule has 2 rings (SSSR count). The molecule has 0 radical (unpaired) electrons. The van der Waals surface area contributed by atoms with E-state index in [4.69, 9.17) is 17.3 Å². The van der Waals surface area contributed by atoms with Crippen molar-refractivity contribution in [3.8, 4) is 0 Å². The highest BCUT2D eigenvalue weighted by Crippen LogP contribution is 2.26. The highest BCUT2D eigenvalue weighted by Gasteiger charge is 2.18. The second-order valence-electron chi connectivity index (χ2n) is 3.59. The van der Waals surface area contributed by atoms with Gasteiger partial charge < -0.3 is 5.73 Å². The number of rotatable bonds is 3. The fraction of sp³-hybridized carbons (Fsp3) is 0.167. The van der Waals surface area contributed by atoms with Crippen LogP contribution in [-0.2, 0) is 0 Å². The van der Waals surface area contributed by atoms with Gasteiger partial charge in [0.1, 0.15) is 12.1 Å². The first-order valence-electron chi connectivity index (χ1n) is 5.13. The third-order valence-corrected chi connectivity index (χ3v) is 2.77. The summed E-state index contributed by atoms with van der Waals surface area (Å²) >= 11 is 5.87. The lowest BCUT2D eigenvalue weighted by atomic mass is 9.95. The van der Waals surface area contributed by atoms with Crippen molar-refractivity contribution in [1.29, 1.82) is 0 Å². The molecule has 1 aromatic heterocycles. The smallest absolute Gasteiger partial charge is 0.127 e. The van der Waals surface area contributed by atoms with Crippen molar-refractivity contribution in [2.45, 2.75) is 5.92 Å². The van der Waals surface area contributed by atoms with Crippen LogP contribution in [0.1, 0.15) is 17.2 Å². The Bertz CT molecular complexity index is 504. The third kappa shape index (κ3) is 2.60. The number of nitrogens with zero attached hydrogens (tertiary/aromatic N) is 2. The summed E-state index contributed by atoms with van der Waals surface area (Å²) in [5.74, 6) is -0.639. The lowest BCUT2D eigenvalue weighted by molar-refractivity contribution is 0.594. The van der Waals surface area contributed by atoms with Gasteiger partial charge in [-0.3, -0.25) is 0 Å². The van der Waals surface area contributed by atoms with E-state index in [2.05, 4.69) is 9.97 Å². The maximum atomic E-state index is 13.7. The van der Waals surface area contributed by atoms with Crippen LogP contribution < -0.4 is 5.73 Å². The number of benzene rings is 1. The first kappa shape index (κ1) is 12.0. The van der Waals surface area contributed by atoms with Crippen LogP contribution in [0.15, 0.2) is 36.8 Å². The largest absolute Gasteiger partial charge is 0.329 e. The van der Waals surface area contributed by atoms with Crippen molar-refractivity contribution < 1.29 is 4.39 Å². The highest BCUT2D eigenvalue weighted by molar-refractivity contribution is 6.30. The molecule has 3 nitrogen and oxygen atoms in total. The van der Waals surface area contributed by atoms with Gasteiger partial charge in [-0.1, -0.05) is 11.6 Å². The predicted octanol–water partition coefficient (Wildman–Crippen LogP) is 2.36. The van der Waals surface area contributed by atoms with Gasteiger partial charge >= 0.3 is 0 Å². The van der Waals surface area contributed by atoms with Crippen LogP contribution in [0.2, 0.25) is 5.02 Å². The highest BCUT2D eigenvalue weighted by atomic mass is 35.5. The van der Waals surface area contributed by atoms with Crippen LogP contribution in [0.25, 0.3) is 0 Å². The zero-order valence-electron chi connectivity index (χ0n) is 8.98. The van der Waals surface area contributed by atoms with Gasteiger partial charge in [0.2, 0.25) is 0 Å². The first-order valence-corrected chi connectivity index (χ1v) is 5.51. The van der Waals surface area contributed by atoms with E-state index in [9.17, 15) is 4.39 Å². The lowest BCUT2D eigenvalue weighted by Crippen LogP contribution is -2.16. The standard InChI is InChI=1S/C12H11ClFN3/c13-8-1-2-11(14)9(5-8)10(6-15)12-3-4-16-7-17-12/h1-5,7,10H,6,15H2. The van der Waals surface area contributed by atoms with E-state index in [0.717, 1.165) is 0 Å². The summed E-state index contributed by atoms with van der Waals surface area (Å²) < 4.78 is 13.7. The molecule has 0 bridgehead atoms. The van der Waals surface area contributed by atoms with Crippen LogP contribution in [0.3, 0.4) is 0 Å². The minimum Gasteiger partial charge on any atom is -0.329 e. The topological polar surface area (TPSA) is 51.8 Å². The summed E-state index contributed by atoms with van der Waals surface area (Å²) in [5, 5.41) is 0.480. The molecule has 0 amide bonds. The maximum Gasteiger partial charge on any atom is 0.127 e.